The van der Waals surface area contributed by atoms with Crippen molar-refractivity contribution in [3.05, 3.63) is 35.9 Å². The fraction of sp³-hybridized carbons (Fsp3) is 0.529. The van der Waals surface area contributed by atoms with Crippen molar-refractivity contribution in [1.82, 2.24) is 4.90 Å². The van der Waals surface area contributed by atoms with Gasteiger partial charge in [0.1, 0.15) is 12.4 Å². The topological polar surface area (TPSA) is 46.6 Å². The quantitative estimate of drug-likeness (QED) is 0.853. The second-order valence-corrected chi connectivity index (χ2v) is 5.93. The summed E-state index contributed by atoms with van der Waals surface area (Å²) in [5.41, 5.74) is 1.10. The van der Waals surface area contributed by atoms with Crippen molar-refractivity contribution in [1.29, 1.82) is 0 Å². The first kappa shape index (κ1) is 14.1. The van der Waals surface area contributed by atoms with Gasteiger partial charge in [0, 0.05) is 18.9 Å². The van der Waals surface area contributed by atoms with Crippen molar-refractivity contribution < 1.29 is 14.3 Å². The molecule has 0 aromatic heterocycles. The molecule has 1 aromatic carbocycles. The van der Waals surface area contributed by atoms with Gasteiger partial charge in [-0.1, -0.05) is 37.3 Å². The number of Topliss-reactive ketones (excluding diaryl/α,β-unsaturated/α-hetero) is 1. The maximum Gasteiger partial charge on any atom is 0.410 e. The number of carbonyl (C=O) groups is 2. The number of cyclic esters (lactones) is 1. The molecule has 0 radical (unpaired) electrons. The Bertz CT molecular complexity index is 528. The van der Waals surface area contributed by atoms with Gasteiger partial charge in [0.2, 0.25) is 0 Å². The molecule has 1 aliphatic carbocycles. The van der Waals surface area contributed by atoms with Crippen LogP contribution in [0.5, 0.6) is 0 Å². The van der Waals surface area contributed by atoms with E-state index in [0.717, 1.165) is 18.4 Å². The predicted molar refractivity (Wildman–Crippen MR) is 78.8 cm³/mol. The number of carbonyl (C=O) groups excluding carboxylic acids is 2. The first-order valence-corrected chi connectivity index (χ1v) is 7.72. The van der Waals surface area contributed by atoms with Crippen LogP contribution >= 0.6 is 0 Å². The van der Waals surface area contributed by atoms with Crippen molar-refractivity contribution in [3.63, 3.8) is 0 Å². The maximum absolute atomic E-state index is 12.2. The summed E-state index contributed by atoms with van der Waals surface area (Å²) in [6.45, 7) is 2.49. The molecule has 0 N–H and O–H groups in total. The van der Waals surface area contributed by atoms with Crippen molar-refractivity contribution in [2.45, 2.75) is 44.7 Å². The van der Waals surface area contributed by atoms with Crippen molar-refractivity contribution in [2.75, 3.05) is 6.61 Å². The second kappa shape index (κ2) is 5.88. The first-order chi connectivity index (χ1) is 10.2. The highest BCUT2D eigenvalue weighted by molar-refractivity contribution is 5.81. The molecule has 1 saturated carbocycles. The summed E-state index contributed by atoms with van der Waals surface area (Å²) in [4.78, 5) is 25.7. The van der Waals surface area contributed by atoms with Crippen molar-refractivity contribution in [3.8, 4) is 0 Å². The van der Waals surface area contributed by atoms with E-state index in [9.17, 15) is 9.59 Å². The van der Waals surface area contributed by atoms with Crippen LogP contribution in [0.1, 0.15) is 44.2 Å². The fourth-order valence-corrected chi connectivity index (χ4v) is 3.66. The molecule has 1 amide bonds. The van der Waals surface area contributed by atoms with E-state index in [0.29, 0.717) is 25.2 Å². The molecule has 2 fully saturated rings. The minimum absolute atomic E-state index is 0.0284. The Labute approximate surface area is 125 Å². The number of nitrogens with zero attached hydrogens (tertiary/aromatic N) is 1. The molecule has 3 rings (SSSR count). The van der Waals surface area contributed by atoms with Gasteiger partial charge in [0.05, 0.1) is 6.04 Å². The molecule has 4 nitrogen and oxygen atoms in total. The SMILES string of the molecule is CC[C@@H]([C@H]1CCC(=O)C1)N1C(=O)OC[C@@H]1c1ccccc1. The van der Waals surface area contributed by atoms with Crippen LogP contribution in [0.15, 0.2) is 30.3 Å². The molecule has 0 unspecified atom stereocenters. The van der Waals surface area contributed by atoms with Gasteiger partial charge in [-0.05, 0) is 24.3 Å². The molecule has 1 saturated heterocycles. The van der Waals surface area contributed by atoms with Gasteiger partial charge in [-0.25, -0.2) is 4.79 Å². The maximum atomic E-state index is 12.2. The molecule has 4 heteroatoms. The zero-order valence-electron chi connectivity index (χ0n) is 12.3. The van der Waals surface area contributed by atoms with E-state index in [4.69, 9.17) is 4.74 Å². The number of hydrogen-bond donors (Lipinski definition) is 0. The summed E-state index contributed by atoms with van der Waals surface area (Å²) in [5.74, 6) is 0.599. The lowest BCUT2D eigenvalue weighted by Gasteiger charge is -2.34. The number of ether oxygens (including phenoxy) is 1. The lowest BCUT2D eigenvalue weighted by molar-refractivity contribution is -0.117. The molecule has 21 heavy (non-hydrogen) atoms. The molecule has 112 valence electrons. The first-order valence-electron chi connectivity index (χ1n) is 7.72. The number of amides is 1. The Hall–Kier alpha value is -1.84. The number of rotatable bonds is 4. The Balaban J connectivity index is 1.85. The van der Waals surface area contributed by atoms with Crippen molar-refractivity contribution >= 4 is 11.9 Å². The van der Waals surface area contributed by atoms with Crippen LogP contribution in [0, 0.1) is 5.92 Å². The average molecular weight is 287 g/mol. The van der Waals surface area contributed by atoms with Crippen molar-refractivity contribution in [2.24, 2.45) is 5.92 Å². The third-order valence-corrected chi connectivity index (χ3v) is 4.70. The van der Waals surface area contributed by atoms with Gasteiger partial charge in [-0.3, -0.25) is 9.69 Å². The Morgan fingerprint density at radius 1 is 1.29 bits per heavy atom. The summed E-state index contributed by atoms with van der Waals surface area (Å²) >= 11 is 0. The van der Waals surface area contributed by atoms with E-state index in [-0.39, 0.29) is 24.1 Å². The highest BCUT2D eigenvalue weighted by Gasteiger charge is 2.42. The number of ketones is 1. The molecular formula is C17H21NO3. The molecular weight excluding hydrogens is 266 g/mol. The molecule has 1 heterocycles. The van der Waals surface area contributed by atoms with Crippen LogP contribution in [-0.2, 0) is 9.53 Å². The third kappa shape index (κ3) is 2.67. The van der Waals surface area contributed by atoms with Crippen LogP contribution in [0.4, 0.5) is 4.79 Å². The molecule has 2 aliphatic rings. The van der Waals surface area contributed by atoms with E-state index in [2.05, 4.69) is 6.92 Å². The minimum atomic E-state index is -0.241. The number of benzene rings is 1. The standard InChI is InChI=1S/C17H21NO3/c1-2-15(13-8-9-14(19)10-13)18-16(11-21-17(18)20)12-6-4-3-5-7-12/h3-7,13,15-16H,2,8-11H2,1H3/t13-,15-,16+/m0/s1. The summed E-state index contributed by atoms with van der Waals surface area (Å²) in [6.07, 6.45) is 2.76. The molecule has 1 aromatic rings. The predicted octanol–water partition coefficient (Wildman–Crippen LogP) is 3.33. The van der Waals surface area contributed by atoms with Crippen LogP contribution in [-0.4, -0.2) is 29.4 Å². The molecule has 0 bridgehead atoms. The third-order valence-electron chi connectivity index (χ3n) is 4.70. The Morgan fingerprint density at radius 3 is 2.67 bits per heavy atom. The van der Waals surface area contributed by atoms with E-state index in [1.807, 2.05) is 35.2 Å². The highest BCUT2D eigenvalue weighted by atomic mass is 16.6. The zero-order chi connectivity index (χ0) is 14.8. The van der Waals surface area contributed by atoms with E-state index < -0.39 is 0 Å². The van der Waals surface area contributed by atoms with Crippen LogP contribution in [0.3, 0.4) is 0 Å². The van der Waals surface area contributed by atoms with Gasteiger partial charge in [-0.2, -0.15) is 0 Å². The van der Waals surface area contributed by atoms with Gasteiger partial charge >= 0.3 is 6.09 Å². The summed E-state index contributed by atoms with van der Waals surface area (Å²) < 4.78 is 5.30. The summed E-state index contributed by atoms with van der Waals surface area (Å²) in [6, 6.07) is 10.1. The fourth-order valence-electron chi connectivity index (χ4n) is 3.66. The van der Waals surface area contributed by atoms with Gasteiger partial charge in [0.15, 0.2) is 0 Å². The average Bonchev–Trinajstić information content (AvgIpc) is 3.09. The highest BCUT2D eigenvalue weighted by Crippen LogP contribution is 2.37. The Morgan fingerprint density at radius 2 is 2.05 bits per heavy atom. The lowest BCUT2D eigenvalue weighted by Crippen LogP contribution is -2.41. The van der Waals surface area contributed by atoms with Crippen LogP contribution in [0.2, 0.25) is 0 Å². The molecule has 1 aliphatic heterocycles. The van der Waals surface area contributed by atoms with E-state index in [1.165, 1.54) is 0 Å². The largest absolute Gasteiger partial charge is 0.447 e. The smallest absolute Gasteiger partial charge is 0.410 e. The Kier molecular flexibility index (Phi) is 3.95. The lowest BCUT2D eigenvalue weighted by atomic mass is 9.92. The normalized spacial score (nSPS) is 27.0. The second-order valence-electron chi connectivity index (χ2n) is 5.93. The zero-order valence-corrected chi connectivity index (χ0v) is 12.3. The van der Waals surface area contributed by atoms with Gasteiger partial charge in [-0.15, -0.1) is 0 Å². The van der Waals surface area contributed by atoms with Gasteiger partial charge in [0.25, 0.3) is 0 Å². The van der Waals surface area contributed by atoms with E-state index in [1.54, 1.807) is 0 Å². The molecule has 0 spiro atoms. The van der Waals surface area contributed by atoms with Gasteiger partial charge < -0.3 is 4.74 Å². The van der Waals surface area contributed by atoms with Crippen LogP contribution in [0.25, 0.3) is 0 Å². The van der Waals surface area contributed by atoms with E-state index >= 15 is 0 Å². The summed E-state index contributed by atoms with van der Waals surface area (Å²) in [5, 5.41) is 0. The monoisotopic (exact) mass is 287 g/mol. The number of hydrogen-bond acceptors (Lipinski definition) is 3. The van der Waals surface area contributed by atoms with Crippen LogP contribution < -0.4 is 0 Å². The molecule has 3 atom stereocenters. The summed E-state index contributed by atoms with van der Waals surface area (Å²) in [7, 11) is 0. The minimum Gasteiger partial charge on any atom is -0.447 e.